The lowest BCUT2D eigenvalue weighted by molar-refractivity contribution is -0.119. The van der Waals surface area contributed by atoms with Gasteiger partial charge in [-0.3, -0.25) is 4.79 Å². The number of unbranched alkanes of at least 4 members (excludes halogenated alkanes) is 1. The molecular weight excluding hydrogens is 458 g/mol. The molecule has 0 radical (unpaired) electrons. The van der Waals surface area contributed by atoms with Gasteiger partial charge in [0, 0.05) is 5.02 Å². The Morgan fingerprint density at radius 3 is 2.27 bits per heavy atom. The molecule has 7 heteroatoms. The Kier molecular flexibility index (Phi) is 8.53. The number of ether oxygens (including phenoxy) is 1. The molecule has 0 saturated carbocycles. The highest BCUT2D eigenvalue weighted by atomic mass is 35.5. The highest BCUT2D eigenvalue weighted by Crippen LogP contribution is 2.26. The van der Waals surface area contributed by atoms with E-state index in [9.17, 15) is 13.2 Å². The summed E-state index contributed by atoms with van der Waals surface area (Å²) in [6.45, 7) is 3.72. The summed E-state index contributed by atoms with van der Waals surface area (Å²) in [7, 11) is -4.17. The Balaban J connectivity index is 1.92. The van der Waals surface area contributed by atoms with Crippen molar-refractivity contribution in [3.8, 4) is 5.75 Å². The van der Waals surface area contributed by atoms with E-state index in [1.165, 1.54) is 24.3 Å². The van der Waals surface area contributed by atoms with Crippen LogP contribution in [-0.4, -0.2) is 20.9 Å². The summed E-state index contributed by atoms with van der Waals surface area (Å²) in [6.07, 6.45) is 3.82. The van der Waals surface area contributed by atoms with E-state index in [-0.39, 0.29) is 10.6 Å². The van der Waals surface area contributed by atoms with Crippen molar-refractivity contribution in [2.75, 3.05) is 10.9 Å². The van der Waals surface area contributed by atoms with Crippen LogP contribution in [0.5, 0.6) is 5.75 Å². The van der Waals surface area contributed by atoms with Crippen LogP contribution in [0.1, 0.15) is 37.8 Å². The molecule has 3 aromatic carbocycles. The number of benzene rings is 3. The lowest BCUT2D eigenvalue weighted by atomic mass is 10.1. The van der Waals surface area contributed by atoms with Crippen molar-refractivity contribution in [3.63, 3.8) is 0 Å². The Labute approximate surface area is 201 Å². The number of aryl methyl sites for hydroxylation is 2. The zero-order chi connectivity index (χ0) is 23.8. The third kappa shape index (κ3) is 6.36. The molecule has 0 aromatic heterocycles. The molecule has 0 heterocycles. The molecular formula is C26H28ClNO4S. The summed E-state index contributed by atoms with van der Waals surface area (Å²) in [4.78, 5) is 13.2. The predicted octanol–water partition coefficient (Wildman–Crippen LogP) is 6.05. The minimum absolute atomic E-state index is 0.0247. The summed E-state index contributed by atoms with van der Waals surface area (Å²) < 4.78 is 33.4. The summed E-state index contributed by atoms with van der Waals surface area (Å²) in [5.74, 6) is -0.172. The second kappa shape index (κ2) is 11.3. The number of carbonyl (C=O) groups excluding carboxylic acids is 1. The Morgan fingerprint density at radius 2 is 1.64 bits per heavy atom. The van der Waals surface area contributed by atoms with Crippen molar-refractivity contribution in [3.05, 3.63) is 88.9 Å². The Bertz CT molecular complexity index is 1180. The summed E-state index contributed by atoms with van der Waals surface area (Å²) in [5, 5.41) is 0.409. The molecule has 3 aromatic rings. The molecule has 5 nitrogen and oxygen atoms in total. The van der Waals surface area contributed by atoms with Gasteiger partial charge >= 0.3 is 0 Å². The van der Waals surface area contributed by atoms with E-state index >= 15 is 0 Å². The maximum atomic E-state index is 13.5. The van der Waals surface area contributed by atoms with Crippen molar-refractivity contribution in [2.45, 2.75) is 44.4 Å². The number of halogens is 1. The number of amides is 1. The highest BCUT2D eigenvalue weighted by molar-refractivity contribution is 7.93. The summed E-state index contributed by atoms with van der Waals surface area (Å²) >= 11 is 5.93. The minimum Gasteiger partial charge on any atom is -0.484 e. The molecule has 33 heavy (non-hydrogen) atoms. The number of hydrogen-bond acceptors (Lipinski definition) is 4. The molecule has 174 valence electrons. The lowest BCUT2D eigenvalue weighted by Crippen LogP contribution is -2.40. The molecule has 3 rings (SSSR count). The molecule has 0 aliphatic heterocycles. The number of nitrogens with zero attached hydrogens (tertiary/aromatic N) is 1. The zero-order valence-corrected chi connectivity index (χ0v) is 20.4. The van der Waals surface area contributed by atoms with Gasteiger partial charge in [0.25, 0.3) is 15.9 Å². The first-order valence-corrected chi connectivity index (χ1v) is 12.8. The van der Waals surface area contributed by atoms with Gasteiger partial charge in [-0.1, -0.05) is 56.1 Å². The van der Waals surface area contributed by atoms with Crippen LogP contribution in [0.25, 0.3) is 0 Å². The molecule has 0 atom stereocenters. The van der Waals surface area contributed by atoms with Gasteiger partial charge < -0.3 is 4.74 Å². The van der Waals surface area contributed by atoms with Crippen LogP contribution < -0.4 is 9.04 Å². The van der Waals surface area contributed by atoms with Gasteiger partial charge in [0.15, 0.2) is 6.61 Å². The van der Waals surface area contributed by atoms with Crippen LogP contribution in [-0.2, 0) is 27.7 Å². The van der Waals surface area contributed by atoms with Gasteiger partial charge in [-0.15, -0.1) is 0 Å². The fourth-order valence-corrected chi connectivity index (χ4v) is 4.90. The van der Waals surface area contributed by atoms with Crippen molar-refractivity contribution < 1.29 is 17.9 Å². The smallest absolute Gasteiger partial charge is 0.278 e. The fourth-order valence-electron chi connectivity index (χ4n) is 3.37. The Morgan fingerprint density at radius 1 is 0.939 bits per heavy atom. The zero-order valence-electron chi connectivity index (χ0n) is 18.8. The third-order valence-corrected chi connectivity index (χ3v) is 7.25. The van der Waals surface area contributed by atoms with E-state index in [1.807, 2.05) is 37.3 Å². The highest BCUT2D eigenvalue weighted by Gasteiger charge is 2.31. The maximum absolute atomic E-state index is 13.5. The average Bonchev–Trinajstić information content (AvgIpc) is 2.82. The van der Waals surface area contributed by atoms with Crippen LogP contribution in [0.3, 0.4) is 0 Å². The average molecular weight is 486 g/mol. The van der Waals surface area contributed by atoms with Crippen LogP contribution in [0.15, 0.2) is 77.7 Å². The second-order valence-electron chi connectivity index (χ2n) is 7.68. The number of anilines is 1. The standard InChI is InChI=1S/C26H28ClNO4S/c1-3-5-7-21-10-14-23(15-11-21)28(33(30,31)25-16-12-22(27)13-17-25)26(29)19-32-24-9-6-8-20(4-2)18-24/h6,8-18H,3-5,7,19H2,1-2H3. The minimum atomic E-state index is -4.17. The van der Waals surface area contributed by atoms with Crippen LogP contribution >= 0.6 is 11.6 Å². The van der Waals surface area contributed by atoms with Crippen molar-refractivity contribution in [1.82, 2.24) is 0 Å². The molecule has 0 saturated heterocycles. The van der Waals surface area contributed by atoms with E-state index in [0.29, 0.717) is 10.8 Å². The molecule has 0 unspecified atom stereocenters. The number of rotatable bonds is 10. The topological polar surface area (TPSA) is 63.7 Å². The molecule has 1 amide bonds. The maximum Gasteiger partial charge on any atom is 0.278 e. The van der Waals surface area contributed by atoms with Gasteiger partial charge in [0.1, 0.15) is 5.75 Å². The van der Waals surface area contributed by atoms with Crippen molar-refractivity contribution >= 4 is 33.2 Å². The molecule has 0 spiro atoms. The normalized spacial score (nSPS) is 11.2. The van der Waals surface area contributed by atoms with Gasteiger partial charge in [-0.05, 0) is 78.9 Å². The van der Waals surface area contributed by atoms with Crippen molar-refractivity contribution in [2.24, 2.45) is 0 Å². The van der Waals surface area contributed by atoms with Crippen LogP contribution in [0.2, 0.25) is 5.02 Å². The van der Waals surface area contributed by atoms with Gasteiger partial charge in [-0.25, -0.2) is 8.42 Å². The molecule has 0 aliphatic carbocycles. The SMILES string of the molecule is CCCCc1ccc(N(C(=O)COc2cccc(CC)c2)S(=O)(=O)c2ccc(Cl)cc2)cc1. The number of sulfonamides is 1. The first-order chi connectivity index (χ1) is 15.8. The summed E-state index contributed by atoms with van der Waals surface area (Å²) in [6, 6.07) is 20.2. The Hall–Kier alpha value is -2.83. The largest absolute Gasteiger partial charge is 0.484 e. The number of carbonyl (C=O) groups is 1. The monoisotopic (exact) mass is 485 g/mol. The molecule has 0 bridgehead atoms. The lowest BCUT2D eigenvalue weighted by Gasteiger charge is -2.23. The van der Waals surface area contributed by atoms with Gasteiger partial charge in [0.05, 0.1) is 10.6 Å². The third-order valence-electron chi connectivity index (χ3n) is 5.24. The van der Waals surface area contributed by atoms with Crippen LogP contribution in [0, 0.1) is 0 Å². The second-order valence-corrected chi connectivity index (χ2v) is 9.90. The van der Waals surface area contributed by atoms with E-state index in [4.69, 9.17) is 16.3 Å². The first kappa shape index (κ1) is 24.8. The number of hydrogen-bond donors (Lipinski definition) is 0. The predicted molar refractivity (Wildman–Crippen MR) is 132 cm³/mol. The quantitative estimate of drug-likeness (QED) is 0.351. The first-order valence-electron chi connectivity index (χ1n) is 11.0. The van der Waals surface area contributed by atoms with Gasteiger partial charge in [0.2, 0.25) is 0 Å². The van der Waals surface area contributed by atoms with E-state index in [0.717, 1.165) is 41.1 Å². The van der Waals surface area contributed by atoms with Crippen LogP contribution in [0.4, 0.5) is 5.69 Å². The van der Waals surface area contributed by atoms with Crippen molar-refractivity contribution in [1.29, 1.82) is 0 Å². The fraction of sp³-hybridized carbons (Fsp3) is 0.269. The van der Waals surface area contributed by atoms with E-state index in [2.05, 4.69) is 6.92 Å². The van der Waals surface area contributed by atoms with Gasteiger partial charge in [-0.2, -0.15) is 4.31 Å². The summed E-state index contributed by atoms with van der Waals surface area (Å²) in [5.41, 5.74) is 2.42. The van der Waals surface area contributed by atoms with E-state index < -0.39 is 22.5 Å². The molecule has 0 fully saturated rings. The molecule has 0 aliphatic rings. The molecule has 0 N–H and O–H groups in total. The van der Waals surface area contributed by atoms with E-state index in [1.54, 1.807) is 18.2 Å².